The fourth-order valence-corrected chi connectivity index (χ4v) is 5.74. The lowest BCUT2D eigenvalue weighted by atomic mass is 9.93. The second-order valence-electron chi connectivity index (χ2n) is 7.80. The summed E-state index contributed by atoms with van der Waals surface area (Å²) in [5.41, 5.74) is 0.608. The molecule has 1 aromatic carbocycles. The molecule has 4 nitrogen and oxygen atoms in total. The number of aryl methyl sites for hydroxylation is 1. The largest absolute Gasteiger partial charge is 0.416 e. The SMILES string of the molecule is CSCCCNC1CCc2c(sc3ncn(Cc4cccc(C(F)(F)F)c4)c(=O)c23)C1. The fourth-order valence-electron chi connectivity index (χ4n) is 4.05. The molecule has 1 aliphatic carbocycles. The number of rotatable bonds is 7. The lowest BCUT2D eigenvalue weighted by molar-refractivity contribution is -0.137. The molecule has 3 aromatic rings. The third kappa shape index (κ3) is 4.99. The summed E-state index contributed by atoms with van der Waals surface area (Å²) in [6.45, 7) is 1.06. The molecule has 9 heteroatoms. The van der Waals surface area contributed by atoms with Crippen molar-refractivity contribution in [2.75, 3.05) is 18.6 Å². The first-order valence-electron chi connectivity index (χ1n) is 10.2. The highest BCUT2D eigenvalue weighted by molar-refractivity contribution is 7.98. The van der Waals surface area contributed by atoms with E-state index in [1.807, 2.05) is 11.8 Å². The maximum absolute atomic E-state index is 13.2. The second kappa shape index (κ2) is 9.34. The van der Waals surface area contributed by atoms with Gasteiger partial charge in [-0.1, -0.05) is 12.1 Å². The molecule has 1 N–H and O–H groups in total. The Balaban J connectivity index is 1.56. The summed E-state index contributed by atoms with van der Waals surface area (Å²) in [5.74, 6) is 1.14. The zero-order chi connectivity index (χ0) is 22.0. The molecule has 0 amide bonds. The highest BCUT2D eigenvalue weighted by Crippen LogP contribution is 2.34. The molecular weight excluding hydrogens is 443 g/mol. The Morgan fingerprint density at radius 3 is 2.97 bits per heavy atom. The highest BCUT2D eigenvalue weighted by Gasteiger charge is 2.30. The van der Waals surface area contributed by atoms with E-state index in [9.17, 15) is 18.0 Å². The molecule has 0 saturated carbocycles. The zero-order valence-electron chi connectivity index (χ0n) is 17.2. The van der Waals surface area contributed by atoms with E-state index in [4.69, 9.17) is 0 Å². The van der Waals surface area contributed by atoms with Gasteiger partial charge in [-0.25, -0.2) is 4.98 Å². The van der Waals surface area contributed by atoms with Gasteiger partial charge in [0.15, 0.2) is 0 Å². The van der Waals surface area contributed by atoms with Crippen molar-refractivity contribution in [1.82, 2.24) is 14.9 Å². The average molecular weight is 468 g/mol. The standard InChI is InChI=1S/C22H24F3N3OS2/c1-30-9-3-8-26-16-6-7-17-18(11-16)31-20-19(17)21(29)28(13-27-20)12-14-4-2-5-15(10-14)22(23,24)25/h2,4-5,10,13,16,26H,3,6-9,11-12H2,1H3. The van der Waals surface area contributed by atoms with Crippen molar-refractivity contribution in [2.45, 2.75) is 44.4 Å². The lowest BCUT2D eigenvalue weighted by Crippen LogP contribution is -2.35. The molecule has 0 radical (unpaired) electrons. The molecule has 2 aromatic heterocycles. The van der Waals surface area contributed by atoms with Crippen LogP contribution in [0.5, 0.6) is 0 Å². The molecule has 1 unspecified atom stereocenters. The van der Waals surface area contributed by atoms with E-state index in [-0.39, 0.29) is 12.1 Å². The number of benzene rings is 1. The van der Waals surface area contributed by atoms with Crippen molar-refractivity contribution in [2.24, 2.45) is 0 Å². The molecule has 1 atom stereocenters. The third-order valence-electron chi connectivity index (χ3n) is 5.60. The van der Waals surface area contributed by atoms with Gasteiger partial charge in [0.05, 0.1) is 23.8 Å². The van der Waals surface area contributed by atoms with Crippen LogP contribution >= 0.6 is 23.1 Å². The van der Waals surface area contributed by atoms with Crippen LogP contribution in [0.2, 0.25) is 0 Å². The van der Waals surface area contributed by atoms with Crippen LogP contribution in [0.4, 0.5) is 13.2 Å². The Kier molecular flexibility index (Phi) is 6.74. The summed E-state index contributed by atoms with van der Waals surface area (Å²) in [6, 6.07) is 5.51. The summed E-state index contributed by atoms with van der Waals surface area (Å²) >= 11 is 3.41. The van der Waals surface area contributed by atoms with Gasteiger partial charge in [-0.3, -0.25) is 9.36 Å². The third-order valence-corrected chi connectivity index (χ3v) is 7.46. The van der Waals surface area contributed by atoms with E-state index < -0.39 is 11.7 Å². The number of halogens is 3. The minimum Gasteiger partial charge on any atom is -0.314 e. The summed E-state index contributed by atoms with van der Waals surface area (Å²) in [7, 11) is 0. The molecule has 1 aliphatic rings. The van der Waals surface area contributed by atoms with Gasteiger partial charge in [-0.2, -0.15) is 24.9 Å². The van der Waals surface area contributed by atoms with Crippen molar-refractivity contribution >= 4 is 33.3 Å². The summed E-state index contributed by atoms with van der Waals surface area (Å²) in [4.78, 5) is 19.5. The van der Waals surface area contributed by atoms with Gasteiger partial charge >= 0.3 is 6.18 Å². The van der Waals surface area contributed by atoms with Crippen molar-refractivity contribution < 1.29 is 13.2 Å². The Labute approximate surface area is 186 Å². The Bertz CT molecular complexity index is 1120. The quantitative estimate of drug-likeness (QED) is 0.511. The van der Waals surface area contributed by atoms with Crippen molar-refractivity contribution in [3.8, 4) is 0 Å². The lowest BCUT2D eigenvalue weighted by Gasteiger charge is -2.23. The van der Waals surface area contributed by atoms with Gasteiger partial charge in [0, 0.05) is 10.9 Å². The van der Waals surface area contributed by atoms with Gasteiger partial charge in [-0.05, 0) is 67.5 Å². The molecule has 0 aliphatic heterocycles. The van der Waals surface area contributed by atoms with Crippen LogP contribution in [-0.2, 0) is 25.6 Å². The van der Waals surface area contributed by atoms with Gasteiger partial charge in [0.2, 0.25) is 0 Å². The number of nitrogens with one attached hydrogen (secondary N) is 1. The maximum Gasteiger partial charge on any atom is 0.416 e. The Morgan fingerprint density at radius 1 is 1.35 bits per heavy atom. The minimum absolute atomic E-state index is 0.0654. The molecule has 31 heavy (non-hydrogen) atoms. The first kappa shape index (κ1) is 22.4. The van der Waals surface area contributed by atoms with Crippen LogP contribution in [0, 0.1) is 0 Å². The molecule has 0 fully saturated rings. The molecule has 166 valence electrons. The number of aromatic nitrogens is 2. The van der Waals surface area contributed by atoms with E-state index in [1.165, 1.54) is 21.8 Å². The highest BCUT2D eigenvalue weighted by atomic mass is 32.2. The number of alkyl halides is 3. The average Bonchev–Trinajstić information content (AvgIpc) is 3.11. The smallest absolute Gasteiger partial charge is 0.314 e. The predicted octanol–water partition coefficient (Wildman–Crippen LogP) is 4.73. The monoisotopic (exact) mass is 467 g/mol. The van der Waals surface area contributed by atoms with E-state index >= 15 is 0 Å². The van der Waals surface area contributed by atoms with Crippen molar-refractivity contribution in [1.29, 1.82) is 0 Å². The van der Waals surface area contributed by atoms with E-state index in [0.717, 1.165) is 60.5 Å². The normalized spacial score (nSPS) is 16.6. The van der Waals surface area contributed by atoms with Gasteiger partial charge in [0.25, 0.3) is 5.56 Å². The fraction of sp³-hybridized carbons (Fsp3) is 0.455. The van der Waals surface area contributed by atoms with Gasteiger partial charge in [0.1, 0.15) is 4.83 Å². The topological polar surface area (TPSA) is 46.9 Å². The number of nitrogens with zero attached hydrogens (tertiary/aromatic N) is 2. The number of thioether (sulfide) groups is 1. The predicted molar refractivity (Wildman–Crippen MR) is 121 cm³/mol. The summed E-state index contributed by atoms with van der Waals surface area (Å²) in [5, 5.41) is 4.25. The van der Waals surface area contributed by atoms with Gasteiger partial charge < -0.3 is 5.32 Å². The number of hydrogen-bond donors (Lipinski definition) is 1. The summed E-state index contributed by atoms with van der Waals surface area (Å²) in [6.07, 6.45) is 2.97. The number of thiophene rings is 1. The second-order valence-corrected chi connectivity index (χ2v) is 9.87. The van der Waals surface area contributed by atoms with E-state index in [2.05, 4.69) is 16.6 Å². The summed E-state index contributed by atoms with van der Waals surface area (Å²) < 4.78 is 40.4. The van der Waals surface area contributed by atoms with Crippen LogP contribution in [0.1, 0.15) is 34.4 Å². The molecule has 0 saturated heterocycles. The van der Waals surface area contributed by atoms with E-state index in [0.29, 0.717) is 17.0 Å². The van der Waals surface area contributed by atoms with Crippen LogP contribution in [0.25, 0.3) is 10.2 Å². The Hall–Kier alpha value is -1.84. The Morgan fingerprint density at radius 2 is 2.19 bits per heavy atom. The molecule has 0 bridgehead atoms. The van der Waals surface area contributed by atoms with Crippen LogP contribution in [0.3, 0.4) is 0 Å². The van der Waals surface area contributed by atoms with Crippen molar-refractivity contribution in [3.63, 3.8) is 0 Å². The van der Waals surface area contributed by atoms with Crippen LogP contribution < -0.4 is 10.9 Å². The van der Waals surface area contributed by atoms with E-state index in [1.54, 1.807) is 17.4 Å². The van der Waals surface area contributed by atoms with Gasteiger partial charge in [-0.15, -0.1) is 11.3 Å². The zero-order valence-corrected chi connectivity index (χ0v) is 18.8. The first-order chi connectivity index (χ1) is 14.9. The molecule has 0 spiro atoms. The van der Waals surface area contributed by atoms with Crippen LogP contribution in [-0.4, -0.2) is 34.1 Å². The molecular formula is C22H24F3N3OS2. The molecule has 2 heterocycles. The number of hydrogen-bond acceptors (Lipinski definition) is 5. The number of fused-ring (bicyclic) bond motifs is 3. The first-order valence-corrected chi connectivity index (χ1v) is 12.5. The van der Waals surface area contributed by atoms with Crippen LogP contribution in [0.15, 0.2) is 35.4 Å². The maximum atomic E-state index is 13.2. The minimum atomic E-state index is -4.41. The molecule has 4 rings (SSSR count). The van der Waals surface area contributed by atoms with Crippen molar-refractivity contribution in [3.05, 3.63) is 62.5 Å².